The van der Waals surface area contributed by atoms with Gasteiger partial charge >= 0.3 is 5.97 Å². The van der Waals surface area contributed by atoms with Gasteiger partial charge in [-0.2, -0.15) is 0 Å². The van der Waals surface area contributed by atoms with E-state index in [4.69, 9.17) is 30.8 Å². The molecule has 4 aliphatic rings. The topological polar surface area (TPSA) is 126 Å². The maximum atomic E-state index is 14.2. The van der Waals surface area contributed by atoms with Crippen molar-refractivity contribution in [2.24, 2.45) is 0 Å². The Hall–Kier alpha value is -5.09. The average Bonchev–Trinajstić information content (AvgIpc) is 3.95. The first-order chi connectivity index (χ1) is 29.7. The van der Waals surface area contributed by atoms with Gasteiger partial charge in [-0.05, 0) is 84.5 Å². The summed E-state index contributed by atoms with van der Waals surface area (Å²) in [5, 5.41) is 12.0. The second kappa shape index (κ2) is 18.1. The number of halogens is 2. The van der Waals surface area contributed by atoms with Crippen LogP contribution in [0.15, 0.2) is 73.2 Å². The smallest absolute Gasteiger partial charge is 0.345 e. The number of carboxylic acids is 1. The highest BCUT2D eigenvalue weighted by molar-refractivity contribution is 7.22. The van der Waals surface area contributed by atoms with E-state index >= 15 is 0 Å². The van der Waals surface area contributed by atoms with Gasteiger partial charge in [-0.25, -0.2) is 29.1 Å². The van der Waals surface area contributed by atoms with Crippen molar-refractivity contribution in [3.05, 3.63) is 118 Å². The molecule has 4 aliphatic heterocycles. The third-order valence-electron chi connectivity index (χ3n) is 11.8. The van der Waals surface area contributed by atoms with E-state index in [2.05, 4.69) is 48.8 Å². The zero-order chi connectivity index (χ0) is 42.0. The Balaban J connectivity index is 1.14. The van der Waals surface area contributed by atoms with Crippen LogP contribution in [0, 0.1) is 12.7 Å². The maximum absolute atomic E-state index is 14.2. The summed E-state index contributed by atoms with van der Waals surface area (Å²) in [7, 11) is 2.16. The molecule has 0 spiro atoms. The van der Waals surface area contributed by atoms with Crippen LogP contribution in [-0.4, -0.2) is 105 Å². The molecule has 0 saturated carbocycles. The van der Waals surface area contributed by atoms with E-state index in [0.717, 1.165) is 90.4 Å². The Bertz CT molecular complexity index is 2550. The van der Waals surface area contributed by atoms with Crippen LogP contribution in [0.1, 0.15) is 52.7 Å². The van der Waals surface area contributed by atoms with Gasteiger partial charge in [-0.15, -0.1) is 11.3 Å². The lowest BCUT2D eigenvalue weighted by molar-refractivity contribution is -0.145. The van der Waals surface area contributed by atoms with Crippen molar-refractivity contribution < 1.29 is 28.5 Å². The second-order valence-electron chi connectivity index (χ2n) is 16.0. The number of piperazine rings is 1. The molecular weight excluding hydrogens is 817 g/mol. The fourth-order valence-corrected chi connectivity index (χ4v) is 9.76. The van der Waals surface area contributed by atoms with E-state index in [-0.39, 0.29) is 30.8 Å². The highest BCUT2D eigenvalue weighted by atomic mass is 35.5. The highest BCUT2D eigenvalue weighted by Gasteiger charge is 2.29. The number of rotatable bonds is 9. The standard InChI is InChI=1S/C46H47ClFN7O5S/c1-28-35-11-8-31(41(28)47)25-55(20-19-54-17-15-53(2)16-18-54)24-29-5-12-36(59-26-34-13-14-49-43(52-34)37-4-3-21-58-37)32(22-29)23-38(46(56)57)60-44-40-39(35)42(61-45(40)51-27-50-44)30-6-9-33(48)10-7-30/h5-14,22,27,37-38H,3-4,15-21,23-26H2,1-2H3,(H,56,57)/t37-,38+/m0/s1. The molecule has 3 aromatic heterocycles. The molecule has 316 valence electrons. The van der Waals surface area contributed by atoms with E-state index < -0.39 is 12.1 Å². The SMILES string of the molecule is Cc1c2ccc(c1Cl)CN(CCN1CCN(C)CC1)Cc1ccc(OCc3ccnc([C@@H]4CCCO4)n3)c(c1)C[C@H](C(=O)O)Oc1ncnc3sc(-c4ccc(F)cc4)c-2c13. The highest BCUT2D eigenvalue weighted by Crippen LogP contribution is 2.49. The van der Waals surface area contributed by atoms with Crippen LogP contribution in [-0.2, 0) is 35.6 Å². The number of benzene rings is 3. The molecule has 0 unspecified atom stereocenters. The summed E-state index contributed by atoms with van der Waals surface area (Å²) in [4.78, 5) is 40.3. The molecule has 4 bridgehead atoms. The number of thiophene rings is 1. The van der Waals surface area contributed by atoms with Crippen LogP contribution in [0.2, 0.25) is 5.02 Å². The molecular formula is C46H47ClFN7O5S. The lowest BCUT2D eigenvalue weighted by atomic mass is 9.94. The molecule has 61 heavy (non-hydrogen) atoms. The molecule has 15 heteroatoms. The number of hydrogen-bond acceptors (Lipinski definition) is 12. The average molecular weight is 864 g/mol. The maximum Gasteiger partial charge on any atom is 0.345 e. The summed E-state index contributed by atoms with van der Waals surface area (Å²) in [5.74, 6) is -0.226. The van der Waals surface area contributed by atoms with Crippen LogP contribution >= 0.6 is 22.9 Å². The fourth-order valence-electron chi connectivity index (χ4n) is 8.39. The number of hydrogen-bond donors (Lipinski definition) is 1. The summed E-state index contributed by atoms with van der Waals surface area (Å²) >= 11 is 8.77. The van der Waals surface area contributed by atoms with Gasteiger partial charge in [0.05, 0.1) is 11.1 Å². The number of aromatic nitrogens is 4. The van der Waals surface area contributed by atoms with Gasteiger partial charge < -0.3 is 24.2 Å². The molecule has 7 heterocycles. The van der Waals surface area contributed by atoms with Gasteiger partial charge in [0.15, 0.2) is 5.82 Å². The molecule has 12 nitrogen and oxygen atoms in total. The number of likely N-dealkylation sites (N-methyl/N-ethyl adjacent to an activating group) is 1. The minimum Gasteiger partial charge on any atom is -0.487 e. The normalized spacial score (nSPS) is 19.0. The van der Waals surface area contributed by atoms with Crippen molar-refractivity contribution in [2.75, 3.05) is 52.9 Å². The number of ether oxygens (including phenoxy) is 3. The summed E-state index contributed by atoms with van der Waals surface area (Å²) in [6.45, 7) is 9.75. The van der Waals surface area contributed by atoms with Crippen LogP contribution in [0.3, 0.4) is 0 Å². The fraction of sp³-hybridized carbons (Fsp3) is 0.370. The van der Waals surface area contributed by atoms with Gasteiger partial charge in [0.25, 0.3) is 0 Å². The Labute approximate surface area is 362 Å². The van der Waals surface area contributed by atoms with E-state index in [1.165, 1.54) is 29.8 Å². The molecule has 1 N–H and O–H groups in total. The number of aliphatic carboxylic acids is 1. The molecule has 0 aliphatic carbocycles. The largest absolute Gasteiger partial charge is 0.487 e. The first-order valence-corrected chi connectivity index (χ1v) is 21.9. The zero-order valence-electron chi connectivity index (χ0n) is 34.2. The van der Waals surface area contributed by atoms with Gasteiger partial charge in [-0.3, -0.25) is 9.80 Å². The van der Waals surface area contributed by atoms with Crippen molar-refractivity contribution in [1.29, 1.82) is 0 Å². The minimum absolute atomic E-state index is 0.0147. The number of nitrogens with zero attached hydrogens (tertiary/aromatic N) is 7. The minimum atomic E-state index is -1.35. The predicted molar refractivity (Wildman–Crippen MR) is 233 cm³/mol. The third kappa shape index (κ3) is 9.11. The Morgan fingerprint density at radius 3 is 2.59 bits per heavy atom. The molecule has 2 atom stereocenters. The number of carbonyl (C=O) groups is 1. The third-order valence-corrected chi connectivity index (χ3v) is 13.5. The van der Waals surface area contributed by atoms with Gasteiger partial charge in [-0.1, -0.05) is 48.0 Å². The van der Waals surface area contributed by atoms with Crippen molar-refractivity contribution in [3.63, 3.8) is 0 Å². The molecule has 0 radical (unpaired) electrons. The number of carboxylic acid groups (broad SMARTS) is 1. The summed E-state index contributed by atoms with van der Waals surface area (Å²) < 4.78 is 33.0. The lowest BCUT2D eigenvalue weighted by Crippen LogP contribution is -2.46. The second-order valence-corrected chi connectivity index (χ2v) is 17.4. The van der Waals surface area contributed by atoms with E-state index in [1.54, 1.807) is 18.3 Å². The molecule has 2 fully saturated rings. The van der Waals surface area contributed by atoms with Gasteiger partial charge in [0.2, 0.25) is 12.0 Å². The van der Waals surface area contributed by atoms with Gasteiger partial charge in [0.1, 0.15) is 35.4 Å². The van der Waals surface area contributed by atoms with Gasteiger partial charge in [0, 0.05) is 87.0 Å². The van der Waals surface area contributed by atoms with E-state index in [1.807, 2.05) is 31.2 Å². The molecule has 0 amide bonds. The van der Waals surface area contributed by atoms with Crippen LogP contribution in [0.25, 0.3) is 31.8 Å². The van der Waals surface area contributed by atoms with Crippen molar-refractivity contribution >= 4 is 39.1 Å². The van der Waals surface area contributed by atoms with Crippen LogP contribution in [0.4, 0.5) is 4.39 Å². The monoisotopic (exact) mass is 863 g/mol. The van der Waals surface area contributed by atoms with E-state index in [0.29, 0.717) is 57.8 Å². The van der Waals surface area contributed by atoms with Crippen molar-refractivity contribution in [1.82, 2.24) is 34.6 Å². The summed E-state index contributed by atoms with van der Waals surface area (Å²) in [6.07, 6.45) is 3.43. The Morgan fingerprint density at radius 2 is 1.80 bits per heavy atom. The summed E-state index contributed by atoms with van der Waals surface area (Å²) in [6, 6.07) is 18.2. The van der Waals surface area contributed by atoms with Crippen molar-refractivity contribution in [3.8, 4) is 33.2 Å². The van der Waals surface area contributed by atoms with Crippen LogP contribution < -0.4 is 9.47 Å². The summed E-state index contributed by atoms with van der Waals surface area (Å²) in [5.41, 5.74) is 6.55. The van der Waals surface area contributed by atoms with Crippen molar-refractivity contribution in [2.45, 2.75) is 58.1 Å². The van der Waals surface area contributed by atoms with Crippen LogP contribution in [0.5, 0.6) is 11.6 Å². The Kier molecular flexibility index (Phi) is 12.2. The first-order valence-electron chi connectivity index (χ1n) is 20.7. The quantitative estimate of drug-likeness (QED) is 0.152. The number of fused-ring (bicyclic) bond motifs is 6. The first kappa shape index (κ1) is 41.3. The predicted octanol–water partition coefficient (Wildman–Crippen LogP) is 7.98. The van der Waals surface area contributed by atoms with E-state index in [9.17, 15) is 14.3 Å². The molecule has 10 rings (SSSR count). The molecule has 6 aromatic rings. The zero-order valence-corrected chi connectivity index (χ0v) is 35.7. The lowest BCUT2D eigenvalue weighted by Gasteiger charge is -2.34. The molecule has 3 aromatic carbocycles. The Morgan fingerprint density at radius 1 is 0.984 bits per heavy atom. The molecule has 2 saturated heterocycles.